The number of nitrogens with one attached hydrogen (secondary N) is 3. The predicted molar refractivity (Wildman–Crippen MR) is 60.1 cm³/mol. The molecule has 1 aromatic heterocycles. The van der Waals surface area contributed by atoms with E-state index in [4.69, 9.17) is 17.0 Å². The molecule has 86 valence electrons. The Labute approximate surface area is 95.8 Å². The van der Waals surface area contributed by atoms with Gasteiger partial charge in [-0.3, -0.25) is 15.2 Å². The molecule has 2 heterocycles. The van der Waals surface area contributed by atoms with E-state index in [-0.39, 0.29) is 5.02 Å². The van der Waals surface area contributed by atoms with Gasteiger partial charge in [-0.15, -0.1) is 0 Å². The van der Waals surface area contributed by atoms with E-state index in [9.17, 15) is 9.59 Å². The summed E-state index contributed by atoms with van der Waals surface area (Å²) in [6.45, 7) is 1.06. The summed E-state index contributed by atoms with van der Waals surface area (Å²) in [6, 6.07) is 0. The maximum absolute atomic E-state index is 11.2. The highest BCUT2D eigenvalue weighted by Gasteiger charge is 2.19. The van der Waals surface area contributed by atoms with Crippen LogP contribution in [0.5, 0.6) is 0 Å². The standard InChI is InChI=1S/C9H11ClN4O2/c10-7-5(12-9(16)13-8(7)15)4-14-3-1-2-6(14)11/h11H,1-4H2,(H2,12,13,15,16)/i9+1,12+1,13+1. The summed E-state index contributed by atoms with van der Waals surface area (Å²) in [5.74, 6) is 0.511. The molecule has 0 saturated carbocycles. The number of nitrogens with zero attached hydrogens (tertiary/aromatic N) is 1. The van der Waals surface area contributed by atoms with Gasteiger partial charge in [0.2, 0.25) is 0 Å². The second-order valence-corrected chi connectivity index (χ2v) is 4.05. The number of H-pyrrole nitrogens is 2. The van der Waals surface area contributed by atoms with Crippen LogP contribution in [0, 0.1) is 5.41 Å². The van der Waals surface area contributed by atoms with Crippen LogP contribution in [0.2, 0.25) is 5.02 Å². The summed E-state index contributed by atoms with van der Waals surface area (Å²) in [4.78, 5) is 28.6. The summed E-state index contributed by atoms with van der Waals surface area (Å²) in [7, 11) is 0. The average molecular weight is 246 g/mol. The molecule has 0 unspecified atom stereocenters. The zero-order valence-corrected chi connectivity index (χ0v) is 9.23. The van der Waals surface area contributed by atoms with E-state index >= 15 is 0 Å². The van der Waals surface area contributed by atoms with Gasteiger partial charge in [-0.1, -0.05) is 11.6 Å². The summed E-state index contributed by atoms with van der Waals surface area (Å²) < 4.78 is 0. The number of aromatic nitrogens is 2. The quantitative estimate of drug-likeness (QED) is 0.699. The van der Waals surface area contributed by atoms with Crippen LogP contribution in [-0.4, -0.2) is 27.2 Å². The molecule has 6 nitrogen and oxygen atoms in total. The fourth-order valence-electron chi connectivity index (χ4n) is 1.72. The Kier molecular flexibility index (Phi) is 2.82. The number of hydrogen-bond donors (Lipinski definition) is 3. The Bertz CT molecular complexity index is 533. The highest BCUT2D eigenvalue weighted by atomic mass is 35.5. The summed E-state index contributed by atoms with van der Waals surface area (Å²) in [5.41, 5.74) is -0.802. The lowest BCUT2D eigenvalue weighted by molar-refractivity contribution is 0.438. The number of rotatable bonds is 2. The largest absolute Gasteiger partial charge is 0.355 e. The number of halogens is 1. The fourth-order valence-corrected chi connectivity index (χ4v) is 1.88. The van der Waals surface area contributed by atoms with Crippen LogP contribution in [0.15, 0.2) is 9.59 Å². The topological polar surface area (TPSA) is 92.8 Å². The normalized spacial score (nSPS) is 15.8. The fraction of sp³-hybridized carbons (Fsp3) is 0.444. The van der Waals surface area contributed by atoms with Gasteiger partial charge in [0, 0.05) is 13.0 Å². The number of amidine groups is 1. The third-order valence-corrected chi connectivity index (χ3v) is 2.93. The van der Waals surface area contributed by atoms with E-state index in [0.717, 1.165) is 19.4 Å². The molecule has 0 bridgehead atoms. The molecule has 7 heteroatoms. The molecule has 0 atom stereocenters. The zero-order chi connectivity index (χ0) is 11.7. The van der Waals surface area contributed by atoms with E-state index in [0.29, 0.717) is 18.1 Å². The van der Waals surface area contributed by atoms with Crippen LogP contribution in [0.1, 0.15) is 18.5 Å². The second-order valence-electron chi connectivity index (χ2n) is 3.67. The minimum absolute atomic E-state index is 0.0145. The summed E-state index contributed by atoms with van der Waals surface area (Å²) in [6.07, 6.45) is 1.65. The van der Waals surface area contributed by atoms with Crippen molar-refractivity contribution in [1.29, 1.82) is 5.41 Å². The van der Waals surface area contributed by atoms with Gasteiger partial charge >= 0.3 is 5.69 Å². The Morgan fingerprint density at radius 1 is 1.38 bits per heavy atom. The molecule has 2 rings (SSSR count). The summed E-state index contributed by atoms with van der Waals surface area (Å²) >= 11 is 5.78. The Morgan fingerprint density at radius 2 is 2.12 bits per heavy atom. The van der Waals surface area contributed by atoms with Gasteiger partial charge in [-0.05, 0) is 6.42 Å². The Balaban J connectivity index is 2.31. The molecule has 0 radical (unpaired) electrons. The van der Waals surface area contributed by atoms with Crippen LogP contribution in [0.4, 0.5) is 0 Å². The Morgan fingerprint density at radius 3 is 2.75 bits per heavy atom. The van der Waals surface area contributed by atoms with Gasteiger partial charge in [0.15, 0.2) is 0 Å². The first kappa shape index (κ1) is 10.9. The molecule has 1 aliphatic heterocycles. The highest BCUT2D eigenvalue weighted by Crippen LogP contribution is 2.15. The third kappa shape index (κ3) is 2.01. The van der Waals surface area contributed by atoms with Crippen molar-refractivity contribution in [1.82, 2.24) is 14.9 Å². The number of aromatic amines is 2. The number of likely N-dealkylation sites (tertiary alicyclic amines) is 1. The molecule has 3 N–H and O–H groups in total. The van der Waals surface area contributed by atoms with Crippen LogP contribution in [0.3, 0.4) is 0 Å². The van der Waals surface area contributed by atoms with Gasteiger partial charge in [0.05, 0.1) is 18.1 Å². The van der Waals surface area contributed by atoms with Crippen LogP contribution in [0.25, 0.3) is 0 Å². The van der Waals surface area contributed by atoms with Gasteiger partial charge < -0.3 is 9.88 Å². The molecule has 1 aromatic rings. The van der Waals surface area contributed by atoms with E-state index in [1.54, 1.807) is 4.90 Å². The van der Waals surface area contributed by atoms with Crippen LogP contribution in [-0.2, 0) is 6.54 Å². The highest BCUT2D eigenvalue weighted by molar-refractivity contribution is 6.31. The molecular weight excluding hydrogens is 235 g/mol. The van der Waals surface area contributed by atoms with Crippen molar-refractivity contribution in [2.75, 3.05) is 6.54 Å². The van der Waals surface area contributed by atoms with Crippen molar-refractivity contribution in [2.24, 2.45) is 0 Å². The minimum atomic E-state index is -0.592. The first-order valence-electron chi connectivity index (χ1n) is 4.91. The molecule has 16 heavy (non-hydrogen) atoms. The van der Waals surface area contributed by atoms with Gasteiger partial charge in [0.1, 0.15) is 5.02 Å². The van der Waals surface area contributed by atoms with Crippen molar-refractivity contribution in [3.05, 3.63) is 31.6 Å². The summed E-state index contributed by atoms with van der Waals surface area (Å²) in [5, 5.41) is 7.62. The predicted octanol–water partition coefficient (Wildman–Crippen LogP) is 0.290. The molecule has 1 saturated heterocycles. The van der Waals surface area contributed by atoms with E-state index in [2.05, 4.69) is 4.98 Å². The lowest BCUT2D eigenvalue weighted by Gasteiger charge is -2.17. The molecular formula is C9H11ClN4O2. The van der Waals surface area contributed by atoms with Gasteiger partial charge in [0.25, 0.3) is 5.56 Å². The van der Waals surface area contributed by atoms with Crippen molar-refractivity contribution < 1.29 is 0 Å². The molecule has 1 fully saturated rings. The van der Waals surface area contributed by atoms with Crippen LogP contribution >= 0.6 is 11.6 Å². The average Bonchev–Trinajstić information content (AvgIpc) is 2.60. The first-order valence-corrected chi connectivity index (χ1v) is 5.29. The number of hydrogen-bond acceptors (Lipinski definition) is 3. The van der Waals surface area contributed by atoms with Crippen LogP contribution < -0.4 is 11.2 Å². The van der Waals surface area contributed by atoms with Crippen molar-refractivity contribution >= 4 is 17.4 Å². The van der Waals surface area contributed by atoms with Crippen molar-refractivity contribution in [2.45, 2.75) is 19.4 Å². The molecule has 0 amide bonds. The van der Waals surface area contributed by atoms with E-state index < -0.39 is 11.2 Å². The zero-order valence-electron chi connectivity index (χ0n) is 8.47. The first-order chi connectivity index (χ1) is 7.58. The van der Waals surface area contributed by atoms with Crippen molar-refractivity contribution in [3.8, 4) is 0 Å². The molecule has 0 spiro atoms. The lowest BCUT2D eigenvalue weighted by Crippen LogP contribution is -2.30. The molecule has 0 aromatic carbocycles. The SMILES string of the molecule is N=C1CCCN1Cc1[15nH][13c](=O)[15nH]c(=O)c1Cl. The smallest absolute Gasteiger partial charge is 0.326 e. The Hall–Kier alpha value is -1.56. The molecule has 0 aliphatic carbocycles. The maximum atomic E-state index is 11.2. The lowest BCUT2D eigenvalue weighted by atomic mass is 10.4. The molecule has 1 aliphatic rings. The minimum Gasteiger partial charge on any atom is -0.355 e. The van der Waals surface area contributed by atoms with E-state index in [1.807, 2.05) is 4.98 Å². The second kappa shape index (κ2) is 4.13. The monoisotopic (exact) mass is 245 g/mol. The van der Waals surface area contributed by atoms with E-state index in [1.165, 1.54) is 0 Å². The van der Waals surface area contributed by atoms with Crippen molar-refractivity contribution in [3.63, 3.8) is 0 Å². The third-order valence-electron chi connectivity index (χ3n) is 2.53. The van der Waals surface area contributed by atoms with Gasteiger partial charge in [-0.25, -0.2) is 4.79 Å². The van der Waals surface area contributed by atoms with Gasteiger partial charge in [-0.2, -0.15) is 0 Å². The maximum Gasteiger partial charge on any atom is 0.326 e.